The maximum Gasteiger partial charge on any atom is 0.399 e. The number of primary amides is 1. The van der Waals surface area contributed by atoms with Crippen molar-refractivity contribution in [2.75, 3.05) is 52.2 Å². The molecule has 2 aliphatic heterocycles. The van der Waals surface area contributed by atoms with Gasteiger partial charge in [0, 0.05) is 78.4 Å². The number of piperidine rings is 1. The number of thiophene rings is 1. The molecule has 1 aromatic heterocycles. The second kappa shape index (κ2) is 33.4. The van der Waals surface area contributed by atoms with Gasteiger partial charge in [0.05, 0.1) is 22.4 Å². The van der Waals surface area contributed by atoms with Crippen LogP contribution in [0.15, 0.2) is 72.1 Å². The van der Waals surface area contributed by atoms with Gasteiger partial charge < -0.3 is 55.0 Å². The number of likely N-dealkylation sites (tertiary alicyclic amines) is 1. The molecule has 3 aromatic carbocycles. The minimum absolute atomic E-state index is 0.0104. The molecule has 0 radical (unpaired) electrons. The van der Waals surface area contributed by atoms with E-state index in [-0.39, 0.29) is 75.9 Å². The van der Waals surface area contributed by atoms with Crippen LogP contribution in [0, 0.1) is 11.8 Å². The summed E-state index contributed by atoms with van der Waals surface area (Å²) in [5.74, 6) is 1.11. The number of nitrogens with two attached hydrogens (primary N) is 1. The minimum Gasteiger partial charge on any atom is -0.492 e. The Morgan fingerprint density at radius 1 is 0.931 bits per heavy atom. The predicted octanol–water partition coefficient (Wildman–Crippen LogP) is 9.70. The van der Waals surface area contributed by atoms with Crippen molar-refractivity contribution in [2.45, 2.75) is 160 Å². The van der Waals surface area contributed by atoms with Crippen LogP contribution in [0.3, 0.4) is 0 Å². The van der Waals surface area contributed by atoms with Gasteiger partial charge in [-0.3, -0.25) is 28.5 Å². The number of amides is 4. The third-order valence-electron chi connectivity index (χ3n) is 15.5. The van der Waals surface area contributed by atoms with E-state index in [0.29, 0.717) is 74.1 Å². The van der Waals surface area contributed by atoms with E-state index in [2.05, 4.69) is 61.9 Å². The van der Waals surface area contributed by atoms with Crippen molar-refractivity contribution in [3.05, 3.63) is 94.4 Å². The van der Waals surface area contributed by atoms with E-state index < -0.39 is 46.5 Å². The first kappa shape index (κ1) is 73.2. The standard InChI is InChI=1S/C43H58F2N3O7PS.C13H18N2O5S.C7H12O2/c1-8-33-34(28(4)5)12-13-35-40(33)55-26-42(35)17-21-47(22-18-42)19-16-39(50)48(20-15-29(6)10-9-27(2)3)25-36(30(7)49)46-41(51)38-24-31-23-32(11-14-37(31)57-38)43(44,45)56(52,53)54;1-21(18,19)12-4-2-3-11(7-12)20-8-10(15-9-16)5-6-13(14)17;1-6(8)4-3-5-7(2)9/h11-14,23-24,27,29,36H,4,8-10,15-22,25-26H2,1-3,5-7H3,(H,46,51)(H2,52,53,54);2-4,7,9-10H,5-6,8H2,1H3,(H2,14,17)(H,15,16);3-5H2,1-2H3. The van der Waals surface area contributed by atoms with Crippen molar-refractivity contribution in [3.63, 3.8) is 0 Å². The van der Waals surface area contributed by atoms with E-state index in [1.165, 1.54) is 42.3 Å². The van der Waals surface area contributed by atoms with E-state index in [1.807, 2.05) is 6.92 Å². The monoisotopic (exact) mass is 1270 g/mol. The van der Waals surface area contributed by atoms with Crippen molar-refractivity contribution in [1.82, 2.24) is 20.4 Å². The Balaban J connectivity index is 0.000000442. The number of Topliss-reactive ketones (excluding diaryl/α,β-unsaturated/α-hetero) is 3. The molecular weight excluding hydrogens is 1180 g/mol. The quantitative estimate of drug-likeness (QED) is 0.0231. The SMILES string of the molecule is C=C(C)c1ccc2c(c1CC)OCC21CCN(CCC(=O)N(CCC(C)CCC(C)C)CC(NC(=O)c2cc3cc(C(F)(F)P(=O)(O)O)ccc3s2)C(C)=O)CC1.CC(=O)CCCC(C)=O.CS(=O)(=O)c1cccc(OCC(CCC(N)=O)NC=O)c1. The van der Waals surface area contributed by atoms with E-state index in [0.717, 1.165) is 98.2 Å². The summed E-state index contributed by atoms with van der Waals surface area (Å²) < 4.78 is 75.4. The molecule has 0 aliphatic carbocycles. The number of hydrogen-bond donors (Lipinski definition) is 5. The molecule has 87 heavy (non-hydrogen) atoms. The largest absolute Gasteiger partial charge is 0.492 e. The number of carbonyl (C=O) groups is 7. The molecule has 3 heterocycles. The summed E-state index contributed by atoms with van der Waals surface area (Å²) in [6.07, 6.45) is 9.68. The molecule has 3 unspecified atom stereocenters. The topological polar surface area (TPSA) is 286 Å². The van der Waals surface area contributed by atoms with Crippen molar-refractivity contribution in [3.8, 4) is 11.5 Å². The number of allylic oxidation sites excluding steroid dienone is 1. The second-order valence-corrected chi connectivity index (χ2v) is 28.1. The van der Waals surface area contributed by atoms with Gasteiger partial charge in [0.1, 0.15) is 35.7 Å². The average Bonchev–Trinajstić information content (AvgIpc) is 1.71. The van der Waals surface area contributed by atoms with E-state index in [1.54, 1.807) is 30.9 Å². The molecule has 0 saturated carbocycles. The van der Waals surface area contributed by atoms with Crippen LogP contribution in [-0.2, 0) is 60.7 Å². The number of carbonyl (C=O) groups excluding carboxylic acids is 7. The summed E-state index contributed by atoms with van der Waals surface area (Å²) in [7, 11) is -9.09. The van der Waals surface area contributed by atoms with Crippen LogP contribution in [0.2, 0.25) is 0 Å². The molecule has 6 N–H and O–H groups in total. The van der Waals surface area contributed by atoms with Gasteiger partial charge in [-0.1, -0.05) is 77.0 Å². The molecule has 19 nitrogen and oxygen atoms in total. The van der Waals surface area contributed by atoms with Gasteiger partial charge in [-0.25, -0.2) is 8.42 Å². The van der Waals surface area contributed by atoms with Crippen LogP contribution >= 0.6 is 18.9 Å². The molecule has 480 valence electrons. The van der Waals surface area contributed by atoms with E-state index >= 15 is 0 Å². The van der Waals surface area contributed by atoms with Gasteiger partial charge in [-0.2, -0.15) is 8.78 Å². The first-order valence-electron chi connectivity index (χ1n) is 29.4. The molecular formula is C63H88F2N5O14PS2. The minimum atomic E-state index is -5.78. The van der Waals surface area contributed by atoms with E-state index in [9.17, 15) is 65.1 Å². The van der Waals surface area contributed by atoms with Crippen LogP contribution in [0.25, 0.3) is 15.7 Å². The number of hydrogen-bond acceptors (Lipinski definition) is 14. The fraction of sp³-hybridized carbons (Fsp3) is 0.540. The molecule has 1 spiro atoms. The Bertz CT molecular complexity index is 3220. The van der Waals surface area contributed by atoms with Crippen molar-refractivity contribution in [2.24, 2.45) is 17.6 Å². The van der Waals surface area contributed by atoms with Crippen molar-refractivity contribution < 1.29 is 74.6 Å². The van der Waals surface area contributed by atoms with Crippen LogP contribution in [-0.4, -0.2) is 134 Å². The molecule has 1 fully saturated rings. The fourth-order valence-corrected chi connectivity index (χ4v) is 12.3. The zero-order valence-electron chi connectivity index (χ0n) is 51.6. The normalized spacial score (nSPS) is 14.9. The number of sulfone groups is 1. The third-order valence-corrected chi connectivity index (χ3v) is 18.7. The highest BCUT2D eigenvalue weighted by Gasteiger charge is 2.50. The first-order valence-corrected chi connectivity index (χ1v) is 33.7. The zero-order valence-corrected chi connectivity index (χ0v) is 54.1. The third kappa shape index (κ3) is 22.4. The summed E-state index contributed by atoms with van der Waals surface area (Å²) in [6.45, 7) is 22.7. The van der Waals surface area contributed by atoms with Crippen molar-refractivity contribution >= 4 is 85.9 Å². The molecule has 24 heteroatoms. The lowest BCUT2D eigenvalue weighted by molar-refractivity contribution is -0.133. The van der Waals surface area contributed by atoms with Gasteiger partial charge in [0.2, 0.25) is 18.2 Å². The number of ether oxygens (including phenoxy) is 2. The number of alkyl halides is 2. The van der Waals surface area contributed by atoms with E-state index in [4.69, 9.17) is 15.2 Å². The van der Waals surface area contributed by atoms with Gasteiger partial charge in [-0.05, 0) is 138 Å². The van der Waals surface area contributed by atoms with Crippen LogP contribution in [0.5, 0.6) is 11.5 Å². The highest BCUT2D eigenvalue weighted by Crippen LogP contribution is 2.59. The number of benzene rings is 3. The number of fused-ring (bicyclic) bond motifs is 3. The molecule has 2 aliphatic rings. The Morgan fingerprint density at radius 3 is 2.16 bits per heavy atom. The zero-order chi connectivity index (χ0) is 65.0. The lowest BCUT2D eigenvalue weighted by Gasteiger charge is -2.39. The van der Waals surface area contributed by atoms with Crippen LogP contribution in [0.4, 0.5) is 8.78 Å². The predicted molar refractivity (Wildman–Crippen MR) is 334 cm³/mol. The number of ketones is 3. The summed E-state index contributed by atoms with van der Waals surface area (Å²) in [4.78, 5) is 105. The maximum absolute atomic E-state index is 14.4. The fourth-order valence-electron chi connectivity index (χ4n) is 10.2. The summed E-state index contributed by atoms with van der Waals surface area (Å²) in [5.41, 5.74) is 4.41. The lowest BCUT2D eigenvalue weighted by Crippen LogP contribution is -2.50. The van der Waals surface area contributed by atoms with Crippen LogP contribution < -0.4 is 25.8 Å². The van der Waals surface area contributed by atoms with Gasteiger partial charge >= 0.3 is 13.3 Å². The summed E-state index contributed by atoms with van der Waals surface area (Å²) in [6, 6.07) is 13.6. The molecule has 6 rings (SSSR count). The van der Waals surface area contributed by atoms with Gasteiger partial charge in [-0.15, -0.1) is 11.3 Å². The molecule has 4 aromatic rings. The average molecular weight is 1270 g/mol. The maximum atomic E-state index is 14.4. The number of nitrogens with zero attached hydrogens (tertiary/aromatic N) is 2. The molecule has 3 atom stereocenters. The summed E-state index contributed by atoms with van der Waals surface area (Å²) >= 11 is 1.00. The Labute approximate surface area is 514 Å². The smallest absolute Gasteiger partial charge is 0.399 e. The Kier molecular flexibility index (Phi) is 28.1. The number of halogens is 2. The Hall–Kier alpha value is -6.23. The van der Waals surface area contributed by atoms with Crippen LogP contribution in [0.1, 0.15) is 158 Å². The molecule has 1 saturated heterocycles. The second-order valence-electron chi connectivity index (χ2n) is 23.4. The highest BCUT2D eigenvalue weighted by molar-refractivity contribution is 7.90. The lowest BCUT2D eigenvalue weighted by atomic mass is 9.73. The van der Waals surface area contributed by atoms with Gasteiger partial charge in [0.15, 0.2) is 15.6 Å². The summed E-state index contributed by atoms with van der Waals surface area (Å²) in [5, 5.41) is 5.49. The molecule has 0 bridgehead atoms. The highest BCUT2D eigenvalue weighted by atomic mass is 32.2. The number of rotatable bonds is 31. The van der Waals surface area contributed by atoms with Gasteiger partial charge in [0.25, 0.3) is 5.91 Å². The molecule has 4 amide bonds. The number of nitrogens with one attached hydrogen (secondary N) is 2. The first-order chi connectivity index (χ1) is 40.7. The Morgan fingerprint density at radius 2 is 1.60 bits per heavy atom. The van der Waals surface area contributed by atoms with Crippen molar-refractivity contribution in [1.29, 1.82) is 0 Å².